The lowest BCUT2D eigenvalue weighted by Crippen LogP contribution is -2.28. The summed E-state index contributed by atoms with van der Waals surface area (Å²) < 4.78 is 0. The predicted molar refractivity (Wildman–Crippen MR) is 70.4 cm³/mol. The maximum Gasteiger partial charge on any atom is 0.131 e. The Labute approximate surface area is 102 Å². The van der Waals surface area contributed by atoms with Crippen LogP contribution in [-0.2, 0) is 5.41 Å². The molecule has 0 amide bonds. The molecule has 2 N–H and O–H groups in total. The fourth-order valence-corrected chi connectivity index (χ4v) is 2.70. The van der Waals surface area contributed by atoms with Crippen LogP contribution in [0.3, 0.4) is 0 Å². The third kappa shape index (κ3) is 1.65. The van der Waals surface area contributed by atoms with Crippen LogP contribution in [0.1, 0.15) is 24.0 Å². The summed E-state index contributed by atoms with van der Waals surface area (Å²) in [6.07, 6.45) is 2.44. The van der Waals surface area contributed by atoms with Crippen LogP contribution in [0.15, 0.2) is 29.3 Å². The Morgan fingerprint density at radius 1 is 1.35 bits per heavy atom. The van der Waals surface area contributed by atoms with E-state index in [0.29, 0.717) is 0 Å². The number of hydrogen-bond acceptors (Lipinski definition) is 3. The van der Waals surface area contributed by atoms with Gasteiger partial charge >= 0.3 is 0 Å². The Morgan fingerprint density at radius 3 is 2.71 bits per heavy atom. The normalized spacial score (nSPS) is 21.5. The zero-order valence-electron chi connectivity index (χ0n) is 10.3. The minimum Gasteiger partial charge on any atom is -0.358 e. The van der Waals surface area contributed by atoms with Crippen molar-refractivity contribution < 1.29 is 0 Å². The van der Waals surface area contributed by atoms with Crippen LogP contribution in [0.5, 0.6) is 0 Å². The lowest BCUT2D eigenvalue weighted by atomic mass is 9.90. The van der Waals surface area contributed by atoms with Gasteiger partial charge in [-0.2, -0.15) is 0 Å². The van der Waals surface area contributed by atoms with Crippen LogP contribution < -0.4 is 5.73 Å². The quantitative estimate of drug-likeness (QED) is 0.850. The molecule has 1 aromatic rings. The average Bonchev–Trinajstić information content (AvgIpc) is 3.06. The molecular formula is C14H19N3. The first-order valence-corrected chi connectivity index (χ1v) is 6.32. The fourth-order valence-electron chi connectivity index (χ4n) is 2.70. The summed E-state index contributed by atoms with van der Waals surface area (Å²) in [4.78, 5) is 6.87. The van der Waals surface area contributed by atoms with Gasteiger partial charge < -0.3 is 10.6 Å². The van der Waals surface area contributed by atoms with Gasteiger partial charge in [0.05, 0.1) is 6.54 Å². The first kappa shape index (κ1) is 10.8. The van der Waals surface area contributed by atoms with Gasteiger partial charge in [-0.15, -0.1) is 0 Å². The highest BCUT2D eigenvalue weighted by atomic mass is 15.2. The molecule has 0 radical (unpaired) electrons. The van der Waals surface area contributed by atoms with Crippen LogP contribution in [0, 0.1) is 0 Å². The van der Waals surface area contributed by atoms with E-state index >= 15 is 0 Å². The van der Waals surface area contributed by atoms with Gasteiger partial charge in [0.1, 0.15) is 5.84 Å². The van der Waals surface area contributed by atoms with Crippen molar-refractivity contribution in [2.24, 2.45) is 10.7 Å². The summed E-state index contributed by atoms with van der Waals surface area (Å²) >= 11 is 0. The van der Waals surface area contributed by atoms with Crippen molar-refractivity contribution in [3.8, 4) is 0 Å². The fraction of sp³-hybridized carbons (Fsp3) is 0.500. The molecule has 1 saturated carbocycles. The molecule has 0 aromatic heterocycles. The van der Waals surface area contributed by atoms with E-state index < -0.39 is 0 Å². The molecule has 1 fully saturated rings. The van der Waals surface area contributed by atoms with E-state index in [1.165, 1.54) is 24.0 Å². The Hall–Kier alpha value is -1.35. The molecule has 17 heavy (non-hydrogen) atoms. The summed E-state index contributed by atoms with van der Waals surface area (Å²) in [7, 11) is 2.12. The van der Waals surface area contributed by atoms with Gasteiger partial charge in [0.15, 0.2) is 0 Å². The summed E-state index contributed by atoms with van der Waals surface area (Å²) in [6, 6.07) is 8.62. The summed E-state index contributed by atoms with van der Waals surface area (Å²) in [5.41, 5.74) is 8.87. The highest BCUT2D eigenvalue weighted by Gasteiger charge is 2.44. The van der Waals surface area contributed by atoms with E-state index in [1.54, 1.807) is 0 Å². The van der Waals surface area contributed by atoms with Crippen molar-refractivity contribution in [2.45, 2.75) is 18.3 Å². The van der Waals surface area contributed by atoms with Crippen LogP contribution >= 0.6 is 0 Å². The standard InChI is InChI=1S/C14H19N3/c1-17-9-8-16-13(17)11-4-2-3-5-12(11)14(10-15)6-7-14/h2-5H,6-10,15H2,1H3. The highest BCUT2D eigenvalue weighted by Crippen LogP contribution is 2.48. The predicted octanol–water partition coefficient (Wildman–Crippen LogP) is 1.37. The number of aliphatic imine (C=N–C) groups is 1. The number of rotatable bonds is 3. The largest absolute Gasteiger partial charge is 0.358 e. The van der Waals surface area contributed by atoms with Crippen LogP contribution in [0.4, 0.5) is 0 Å². The van der Waals surface area contributed by atoms with Crippen LogP contribution in [0.25, 0.3) is 0 Å². The van der Waals surface area contributed by atoms with E-state index in [4.69, 9.17) is 5.73 Å². The smallest absolute Gasteiger partial charge is 0.131 e. The molecule has 90 valence electrons. The number of likely N-dealkylation sites (N-methyl/N-ethyl adjacent to an activating group) is 1. The second-order valence-electron chi connectivity index (χ2n) is 5.16. The third-order valence-electron chi connectivity index (χ3n) is 4.04. The maximum absolute atomic E-state index is 5.95. The highest BCUT2D eigenvalue weighted by molar-refractivity contribution is 6.01. The van der Waals surface area contributed by atoms with Crippen molar-refractivity contribution in [3.63, 3.8) is 0 Å². The molecule has 3 heteroatoms. The van der Waals surface area contributed by atoms with Gasteiger partial charge in [0.25, 0.3) is 0 Å². The number of nitrogens with two attached hydrogens (primary N) is 1. The number of nitrogens with zero attached hydrogens (tertiary/aromatic N) is 2. The van der Waals surface area contributed by atoms with Gasteiger partial charge in [-0.05, 0) is 18.4 Å². The molecule has 1 aromatic carbocycles. The molecule has 0 bridgehead atoms. The van der Waals surface area contributed by atoms with Crippen molar-refractivity contribution in [2.75, 3.05) is 26.7 Å². The van der Waals surface area contributed by atoms with Gasteiger partial charge in [-0.3, -0.25) is 4.99 Å². The van der Waals surface area contributed by atoms with Crippen LogP contribution in [0.2, 0.25) is 0 Å². The second kappa shape index (κ2) is 3.84. The molecule has 0 atom stereocenters. The minimum atomic E-state index is 0.239. The zero-order valence-corrected chi connectivity index (χ0v) is 10.3. The van der Waals surface area contributed by atoms with E-state index in [1.807, 2.05) is 0 Å². The first-order valence-electron chi connectivity index (χ1n) is 6.32. The lowest BCUT2D eigenvalue weighted by Gasteiger charge is -2.21. The molecule has 0 saturated heterocycles. The number of benzene rings is 1. The van der Waals surface area contributed by atoms with Gasteiger partial charge in [-0.25, -0.2) is 0 Å². The molecule has 0 unspecified atom stereocenters. The molecule has 2 aliphatic rings. The van der Waals surface area contributed by atoms with Gasteiger partial charge in [0, 0.05) is 31.1 Å². The lowest BCUT2D eigenvalue weighted by molar-refractivity contribution is 0.555. The molecule has 0 spiro atoms. The molecule has 3 nitrogen and oxygen atoms in total. The average molecular weight is 229 g/mol. The van der Waals surface area contributed by atoms with Gasteiger partial charge in [0.2, 0.25) is 0 Å². The first-order chi connectivity index (χ1) is 8.27. The molecule has 1 aliphatic carbocycles. The summed E-state index contributed by atoms with van der Waals surface area (Å²) in [6.45, 7) is 2.69. The summed E-state index contributed by atoms with van der Waals surface area (Å²) in [5, 5.41) is 0. The maximum atomic E-state index is 5.95. The second-order valence-corrected chi connectivity index (χ2v) is 5.16. The number of hydrogen-bond donors (Lipinski definition) is 1. The Bertz CT molecular complexity index is 460. The van der Waals surface area contributed by atoms with Crippen LogP contribution in [-0.4, -0.2) is 37.4 Å². The minimum absolute atomic E-state index is 0.239. The Morgan fingerprint density at radius 2 is 2.12 bits per heavy atom. The van der Waals surface area contributed by atoms with Crippen molar-refractivity contribution in [1.82, 2.24) is 4.90 Å². The molecule has 1 heterocycles. The zero-order chi connectivity index (χ0) is 11.9. The van der Waals surface area contributed by atoms with E-state index in [-0.39, 0.29) is 5.41 Å². The van der Waals surface area contributed by atoms with Crippen molar-refractivity contribution >= 4 is 5.84 Å². The van der Waals surface area contributed by atoms with Gasteiger partial charge in [-0.1, -0.05) is 24.3 Å². The molecule has 1 aliphatic heterocycles. The monoisotopic (exact) mass is 229 g/mol. The Balaban J connectivity index is 2.05. The number of amidine groups is 1. The van der Waals surface area contributed by atoms with E-state index in [0.717, 1.165) is 25.5 Å². The van der Waals surface area contributed by atoms with Crippen molar-refractivity contribution in [3.05, 3.63) is 35.4 Å². The summed E-state index contributed by atoms with van der Waals surface area (Å²) in [5.74, 6) is 1.14. The van der Waals surface area contributed by atoms with Crippen molar-refractivity contribution in [1.29, 1.82) is 0 Å². The molecule has 3 rings (SSSR count). The van der Waals surface area contributed by atoms with E-state index in [9.17, 15) is 0 Å². The van der Waals surface area contributed by atoms with E-state index in [2.05, 4.69) is 41.2 Å². The third-order valence-corrected chi connectivity index (χ3v) is 4.04. The Kier molecular flexibility index (Phi) is 2.44. The molecular weight excluding hydrogens is 210 g/mol. The SMILES string of the molecule is CN1CCN=C1c1ccccc1C1(CN)CC1. The topological polar surface area (TPSA) is 41.6 Å².